The zero-order valence-corrected chi connectivity index (χ0v) is 15.4. The number of carbonyl (C=O) groups excluding carboxylic acids is 1. The van der Waals surface area contributed by atoms with E-state index in [2.05, 4.69) is 20.9 Å². The Morgan fingerprint density at radius 1 is 1.11 bits per heavy atom. The number of rotatable bonds is 4. The molecule has 0 saturated carbocycles. The van der Waals surface area contributed by atoms with Crippen LogP contribution in [0.15, 0.2) is 36.4 Å². The fourth-order valence-electron chi connectivity index (χ4n) is 3.58. The number of piperidine rings is 1. The zero-order chi connectivity index (χ0) is 18.8. The van der Waals surface area contributed by atoms with Gasteiger partial charge in [-0.1, -0.05) is 12.1 Å². The molecule has 3 heterocycles. The van der Waals surface area contributed by atoms with Crippen molar-refractivity contribution >= 4 is 22.8 Å². The predicted octanol–water partition coefficient (Wildman–Crippen LogP) is 3.14. The lowest BCUT2D eigenvalue weighted by Crippen LogP contribution is -2.33. The lowest BCUT2D eigenvalue weighted by atomic mass is 9.96. The molecule has 0 atom stereocenters. The van der Waals surface area contributed by atoms with Crippen molar-refractivity contribution in [3.63, 3.8) is 0 Å². The van der Waals surface area contributed by atoms with Crippen LogP contribution in [-0.2, 0) is 4.74 Å². The molecule has 0 radical (unpaired) electrons. The van der Waals surface area contributed by atoms with Crippen molar-refractivity contribution in [3.05, 3.63) is 47.8 Å². The van der Waals surface area contributed by atoms with Crippen LogP contribution < -0.4 is 9.64 Å². The van der Waals surface area contributed by atoms with Gasteiger partial charge in [0.25, 0.3) is 0 Å². The number of nitrogens with zero attached hydrogens (tertiary/aromatic N) is 3. The minimum atomic E-state index is -0.450. The molecule has 0 bridgehead atoms. The van der Waals surface area contributed by atoms with Gasteiger partial charge in [0.2, 0.25) is 5.88 Å². The number of H-pyrrole nitrogens is 1. The van der Waals surface area contributed by atoms with Crippen molar-refractivity contribution in [1.29, 1.82) is 0 Å². The fourth-order valence-corrected chi connectivity index (χ4v) is 3.58. The number of esters is 1. The number of aromatic amines is 1. The van der Waals surface area contributed by atoms with E-state index in [4.69, 9.17) is 14.5 Å². The normalized spacial score (nSPS) is 15.1. The molecule has 1 N–H and O–H groups in total. The van der Waals surface area contributed by atoms with Gasteiger partial charge in [-0.25, -0.2) is 9.78 Å². The third kappa shape index (κ3) is 3.32. The Balaban J connectivity index is 1.48. The zero-order valence-electron chi connectivity index (χ0n) is 15.4. The number of benzene rings is 1. The Bertz CT molecular complexity index is 928. The first-order valence-corrected chi connectivity index (χ1v) is 9.02. The molecule has 0 unspecified atom stereocenters. The minimum Gasteiger partial charge on any atom is -0.480 e. The van der Waals surface area contributed by atoms with Crippen molar-refractivity contribution in [2.45, 2.75) is 18.8 Å². The Morgan fingerprint density at radius 3 is 2.59 bits per heavy atom. The van der Waals surface area contributed by atoms with Gasteiger partial charge in [-0.05, 0) is 37.1 Å². The number of pyridine rings is 1. The number of ether oxygens (including phenoxy) is 2. The molecule has 1 aliphatic rings. The van der Waals surface area contributed by atoms with Crippen LogP contribution in [0.2, 0.25) is 0 Å². The number of aromatic nitrogens is 3. The number of imidazole rings is 1. The minimum absolute atomic E-state index is 0.291. The van der Waals surface area contributed by atoms with E-state index in [9.17, 15) is 4.79 Å². The number of carbonyl (C=O) groups is 1. The SMILES string of the molecule is COC(=O)c1ccc(N2CCC(c3nc4ccccc4[nH]3)CC2)nc1OC. The molecule has 140 valence electrons. The van der Waals surface area contributed by atoms with E-state index in [1.165, 1.54) is 14.2 Å². The second kappa shape index (κ2) is 7.26. The van der Waals surface area contributed by atoms with Crippen LogP contribution in [0.5, 0.6) is 5.88 Å². The van der Waals surface area contributed by atoms with Crippen LogP contribution in [0.1, 0.15) is 34.9 Å². The highest BCUT2D eigenvalue weighted by Gasteiger charge is 2.25. The third-order valence-electron chi connectivity index (χ3n) is 5.06. The highest BCUT2D eigenvalue weighted by molar-refractivity contribution is 5.92. The van der Waals surface area contributed by atoms with Crippen molar-refractivity contribution in [2.75, 3.05) is 32.2 Å². The van der Waals surface area contributed by atoms with E-state index < -0.39 is 5.97 Å². The van der Waals surface area contributed by atoms with E-state index in [1.54, 1.807) is 6.07 Å². The Kier molecular flexibility index (Phi) is 4.66. The summed E-state index contributed by atoms with van der Waals surface area (Å²) in [5, 5.41) is 0. The second-order valence-corrected chi connectivity index (χ2v) is 6.62. The Hall–Kier alpha value is -3.09. The number of fused-ring (bicyclic) bond motifs is 1. The van der Waals surface area contributed by atoms with Crippen molar-refractivity contribution < 1.29 is 14.3 Å². The van der Waals surface area contributed by atoms with Gasteiger partial charge in [0.1, 0.15) is 17.2 Å². The maximum absolute atomic E-state index is 11.8. The Morgan fingerprint density at radius 2 is 1.89 bits per heavy atom. The summed E-state index contributed by atoms with van der Waals surface area (Å²) >= 11 is 0. The monoisotopic (exact) mass is 366 g/mol. The predicted molar refractivity (Wildman–Crippen MR) is 102 cm³/mol. The summed E-state index contributed by atoms with van der Waals surface area (Å²) in [5.41, 5.74) is 2.43. The van der Waals surface area contributed by atoms with Crippen molar-refractivity contribution in [2.24, 2.45) is 0 Å². The fraction of sp³-hybridized carbons (Fsp3) is 0.350. The molecule has 1 aromatic carbocycles. The number of nitrogens with one attached hydrogen (secondary N) is 1. The molecular formula is C20H22N4O3. The van der Waals surface area contributed by atoms with Crippen LogP contribution in [0.25, 0.3) is 11.0 Å². The first-order chi connectivity index (χ1) is 13.2. The van der Waals surface area contributed by atoms with Crippen LogP contribution in [-0.4, -0.2) is 48.2 Å². The maximum atomic E-state index is 11.8. The molecular weight excluding hydrogens is 344 g/mol. The second-order valence-electron chi connectivity index (χ2n) is 6.62. The van der Waals surface area contributed by atoms with Gasteiger partial charge in [-0.3, -0.25) is 0 Å². The first kappa shape index (κ1) is 17.3. The van der Waals surface area contributed by atoms with E-state index in [1.807, 2.05) is 24.3 Å². The van der Waals surface area contributed by atoms with E-state index in [0.29, 0.717) is 17.4 Å². The molecule has 0 spiro atoms. The van der Waals surface area contributed by atoms with E-state index >= 15 is 0 Å². The molecule has 0 aliphatic carbocycles. The van der Waals surface area contributed by atoms with Gasteiger partial charge < -0.3 is 19.4 Å². The number of hydrogen-bond acceptors (Lipinski definition) is 6. The van der Waals surface area contributed by atoms with E-state index in [0.717, 1.165) is 48.6 Å². The number of methoxy groups -OCH3 is 2. The van der Waals surface area contributed by atoms with Gasteiger partial charge in [0, 0.05) is 19.0 Å². The molecule has 1 fully saturated rings. The van der Waals surface area contributed by atoms with Gasteiger partial charge in [0.15, 0.2) is 0 Å². The average Bonchev–Trinajstić information content (AvgIpc) is 3.17. The van der Waals surface area contributed by atoms with Crippen LogP contribution in [0.3, 0.4) is 0 Å². The smallest absolute Gasteiger partial charge is 0.343 e. The van der Waals surface area contributed by atoms with Crippen molar-refractivity contribution in [3.8, 4) is 5.88 Å². The summed E-state index contributed by atoms with van der Waals surface area (Å²) in [7, 11) is 2.85. The van der Waals surface area contributed by atoms with Gasteiger partial charge >= 0.3 is 5.97 Å². The van der Waals surface area contributed by atoms with Gasteiger partial charge in [0.05, 0.1) is 25.3 Å². The Labute approximate surface area is 157 Å². The summed E-state index contributed by atoms with van der Waals surface area (Å²) in [5.74, 6) is 2.11. The van der Waals surface area contributed by atoms with Crippen molar-refractivity contribution in [1.82, 2.24) is 15.0 Å². The molecule has 4 rings (SSSR count). The lowest BCUT2D eigenvalue weighted by molar-refractivity contribution is 0.0596. The quantitative estimate of drug-likeness (QED) is 0.715. The number of hydrogen-bond donors (Lipinski definition) is 1. The molecule has 27 heavy (non-hydrogen) atoms. The molecule has 2 aromatic heterocycles. The topological polar surface area (TPSA) is 80.3 Å². The molecule has 1 saturated heterocycles. The summed E-state index contributed by atoms with van der Waals surface area (Å²) in [6.45, 7) is 1.74. The lowest BCUT2D eigenvalue weighted by Gasteiger charge is -2.32. The maximum Gasteiger partial charge on any atom is 0.343 e. The summed E-state index contributed by atoms with van der Waals surface area (Å²) in [6, 6.07) is 11.7. The first-order valence-electron chi connectivity index (χ1n) is 9.02. The summed E-state index contributed by atoms with van der Waals surface area (Å²) in [4.78, 5) is 26.7. The van der Waals surface area contributed by atoms with Gasteiger partial charge in [-0.15, -0.1) is 0 Å². The van der Waals surface area contributed by atoms with E-state index in [-0.39, 0.29) is 0 Å². The van der Waals surface area contributed by atoms with Crippen LogP contribution >= 0.6 is 0 Å². The number of anilines is 1. The summed E-state index contributed by atoms with van der Waals surface area (Å²) < 4.78 is 10.0. The third-order valence-corrected chi connectivity index (χ3v) is 5.06. The van der Waals surface area contributed by atoms with Crippen LogP contribution in [0, 0.1) is 0 Å². The molecule has 3 aromatic rings. The summed E-state index contributed by atoms with van der Waals surface area (Å²) in [6.07, 6.45) is 1.98. The van der Waals surface area contributed by atoms with Gasteiger partial charge in [-0.2, -0.15) is 4.98 Å². The average molecular weight is 366 g/mol. The molecule has 1 aliphatic heterocycles. The molecule has 7 heteroatoms. The largest absolute Gasteiger partial charge is 0.480 e. The number of para-hydroxylation sites is 2. The van der Waals surface area contributed by atoms with Crippen LogP contribution in [0.4, 0.5) is 5.82 Å². The highest BCUT2D eigenvalue weighted by Crippen LogP contribution is 2.30. The molecule has 7 nitrogen and oxygen atoms in total. The standard InChI is InChI=1S/C20H22N4O3/c1-26-19-14(20(25)27-2)7-8-17(23-19)24-11-9-13(10-12-24)18-21-15-5-3-4-6-16(15)22-18/h3-8,13H,9-12H2,1-2H3,(H,21,22). The highest BCUT2D eigenvalue weighted by atomic mass is 16.5. The molecule has 0 amide bonds.